The number of phenolic OH excluding ortho intramolecular Hbond substituents is 1. The van der Waals surface area contributed by atoms with Crippen molar-refractivity contribution in [3.63, 3.8) is 0 Å². The van der Waals surface area contributed by atoms with E-state index in [1.165, 1.54) is 26.4 Å². The number of methoxy groups -OCH3 is 1. The second-order valence-electron chi connectivity index (χ2n) is 7.28. The first-order valence-corrected chi connectivity index (χ1v) is 9.57. The third-order valence-electron chi connectivity index (χ3n) is 5.50. The van der Waals surface area contributed by atoms with Gasteiger partial charge in [-0.05, 0) is 43.0 Å². The fourth-order valence-corrected chi connectivity index (χ4v) is 3.88. The third-order valence-corrected chi connectivity index (χ3v) is 5.50. The van der Waals surface area contributed by atoms with Crippen LogP contribution in [0.1, 0.15) is 32.6 Å². The van der Waals surface area contributed by atoms with Crippen molar-refractivity contribution in [3.05, 3.63) is 42.5 Å². The molecule has 140 valence electrons. The summed E-state index contributed by atoms with van der Waals surface area (Å²) in [6.07, 6.45) is 4.94. The highest BCUT2D eigenvalue weighted by molar-refractivity contribution is 5.91. The van der Waals surface area contributed by atoms with Gasteiger partial charge in [-0.15, -0.1) is 0 Å². The minimum absolute atomic E-state index is 0.0623. The first-order valence-electron chi connectivity index (χ1n) is 9.57. The molecular weight excluding hydrogens is 338 g/mol. The Labute approximate surface area is 159 Å². The quantitative estimate of drug-likeness (QED) is 0.683. The number of aromatic hydroxyl groups is 1. The number of para-hydroxylation sites is 2. The molecule has 0 unspecified atom stereocenters. The fourth-order valence-electron chi connectivity index (χ4n) is 3.88. The molecule has 0 amide bonds. The molecule has 1 heterocycles. The molecule has 2 aromatic carbocycles. The summed E-state index contributed by atoms with van der Waals surface area (Å²) in [5, 5.41) is 15.2. The van der Waals surface area contributed by atoms with Crippen molar-refractivity contribution in [3.8, 4) is 22.9 Å². The topological polar surface area (TPSA) is 67.3 Å². The van der Waals surface area contributed by atoms with Crippen molar-refractivity contribution in [2.24, 2.45) is 5.92 Å². The van der Waals surface area contributed by atoms with Gasteiger partial charge in [0.25, 0.3) is 0 Å². The summed E-state index contributed by atoms with van der Waals surface area (Å²) in [4.78, 5) is 9.49. The maximum absolute atomic E-state index is 10.5. The third kappa shape index (κ3) is 3.42. The van der Waals surface area contributed by atoms with Crippen LogP contribution in [0.3, 0.4) is 0 Å². The van der Waals surface area contributed by atoms with Crippen LogP contribution in [-0.4, -0.2) is 28.2 Å². The molecule has 0 aliphatic heterocycles. The van der Waals surface area contributed by atoms with Gasteiger partial charge in [0.05, 0.1) is 18.2 Å². The number of ether oxygens (including phenoxy) is 1. The SMILES string of the molecule is COc1cccc(-c2nc(N[C@@H]3CCCC[C@@H]3C)c3ccccc3n2)c1O. The van der Waals surface area contributed by atoms with Gasteiger partial charge in [-0.2, -0.15) is 0 Å². The summed E-state index contributed by atoms with van der Waals surface area (Å²) >= 11 is 0. The lowest BCUT2D eigenvalue weighted by atomic mass is 9.86. The number of anilines is 1. The van der Waals surface area contributed by atoms with Crippen LogP contribution in [0.2, 0.25) is 0 Å². The molecule has 5 heteroatoms. The summed E-state index contributed by atoms with van der Waals surface area (Å²) in [7, 11) is 1.54. The molecule has 2 N–H and O–H groups in total. The molecular formula is C22H25N3O2. The number of fused-ring (bicyclic) bond motifs is 1. The zero-order chi connectivity index (χ0) is 18.8. The highest BCUT2D eigenvalue weighted by Gasteiger charge is 2.23. The van der Waals surface area contributed by atoms with Crippen LogP contribution in [0.5, 0.6) is 11.5 Å². The molecule has 1 aliphatic carbocycles. The van der Waals surface area contributed by atoms with Crippen molar-refractivity contribution >= 4 is 16.7 Å². The number of nitrogens with one attached hydrogen (secondary N) is 1. The second-order valence-corrected chi connectivity index (χ2v) is 7.28. The van der Waals surface area contributed by atoms with E-state index in [1.807, 2.05) is 36.4 Å². The number of benzene rings is 2. The molecule has 5 nitrogen and oxygen atoms in total. The van der Waals surface area contributed by atoms with E-state index in [4.69, 9.17) is 9.72 Å². The summed E-state index contributed by atoms with van der Waals surface area (Å²) in [5.74, 6) is 2.42. The first-order chi connectivity index (χ1) is 13.2. The van der Waals surface area contributed by atoms with Gasteiger partial charge in [0.2, 0.25) is 0 Å². The summed E-state index contributed by atoms with van der Waals surface area (Å²) in [6, 6.07) is 13.8. The van der Waals surface area contributed by atoms with Crippen LogP contribution in [0, 0.1) is 5.92 Å². The predicted molar refractivity (Wildman–Crippen MR) is 108 cm³/mol. The van der Waals surface area contributed by atoms with Crippen molar-refractivity contribution in [1.29, 1.82) is 0 Å². The van der Waals surface area contributed by atoms with Gasteiger partial charge in [-0.3, -0.25) is 0 Å². The van der Waals surface area contributed by atoms with Gasteiger partial charge in [-0.25, -0.2) is 9.97 Å². The average molecular weight is 363 g/mol. The number of rotatable bonds is 4. The molecule has 4 rings (SSSR count). The van der Waals surface area contributed by atoms with E-state index in [2.05, 4.69) is 17.2 Å². The van der Waals surface area contributed by atoms with E-state index >= 15 is 0 Å². The Morgan fingerprint density at radius 3 is 2.67 bits per heavy atom. The van der Waals surface area contributed by atoms with E-state index in [9.17, 15) is 5.11 Å². The largest absolute Gasteiger partial charge is 0.504 e. The Hall–Kier alpha value is -2.82. The molecule has 27 heavy (non-hydrogen) atoms. The maximum Gasteiger partial charge on any atom is 0.168 e. The molecule has 1 fully saturated rings. The summed E-state index contributed by atoms with van der Waals surface area (Å²) in [6.45, 7) is 2.30. The van der Waals surface area contributed by atoms with E-state index < -0.39 is 0 Å². The number of phenols is 1. The number of aromatic nitrogens is 2. The Balaban J connectivity index is 1.81. The molecule has 0 spiro atoms. The molecule has 0 bridgehead atoms. The minimum Gasteiger partial charge on any atom is -0.504 e. The molecule has 1 saturated carbocycles. The first kappa shape index (κ1) is 17.6. The van der Waals surface area contributed by atoms with Gasteiger partial charge in [0.1, 0.15) is 5.82 Å². The molecule has 3 aromatic rings. The van der Waals surface area contributed by atoms with Crippen LogP contribution in [-0.2, 0) is 0 Å². The van der Waals surface area contributed by atoms with Gasteiger partial charge in [0.15, 0.2) is 17.3 Å². The second kappa shape index (κ2) is 7.43. The Bertz CT molecular complexity index is 957. The molecule has 0 radical (unpaired) electrons. The Morgan fingerprint density at radius 1 is 1.04 bits per heavy atom. The van der Waals surface area contributed by atoms with Gasteiger partial charge in [0, 0.05) is 11.4 Å². The zero-order valence-corrected chi connectivity index (χ0v) is 15.8. The van der Waals surface area contributed by atoms with E-state index in [-0.39, 0.29) is 5.75 Å². The zero-order valence-electron chi connectivity index (χ0n) is 15.8. The highest BCUT2D eigenvalue weighted by atomic mass is 16.5. The van der Waals surface area contributed by atoms with Gasteiger partial charge in [-0.1, -0.05) is 38.0 Å². The highest BCUT2D eigenvalue weighted by Crippen LogP contribution is 2.37. The van der Waals surface area contributed by atoms with E-state index in [0.29, 0.717) is 29.1 Å². The predicted octanol–water partition coefficient (Wildman–Crippen LogP) is 5.00. The van der Waals surface area contributed by atoms with Gasteiger partial charge >= 0.3 is 0 Å². The van der Waals surface area contributed by atoms with Crippen molar-refractivity contribution < 1.29 is 9.84 Å². The van der Waals surface area contributed by atoms with Gasteiger partial charge < -0.3 is 15.2 Å². The lowest BCUT2D eigenvalue weighted by Gasteiger charge is -2.30. The van der Waals surface area contributed by atoms with Crippen molar-refractivity contribution in [2.75, 3.05) is 12.4 Å². The summed E-state index contributed by atoms with van der Waals surface area (Å²) < 4.78 is 5.24. The van der Waals surface area contributed by atoms with Crippen LogP contribution >= 0.6 is 0 Å². The smallest absolute Gasteiger partial charge is 0.168 e. The average Bonchev–Trinajstić information content (AvgIpc) is 2.70. The number of hydrogen-bond acceptors (Lipinski definition) is 5. The normalized spacial score (nSPS) is 19.8. The van der Waals surface area contributed by atoms with E-state index in [0.717, 1.165) is 23.1 Å². The molecule has 1 aliphatic rings. The van der Waals surface area contributed by atoms with Crippen molar-refractivity contribution in [1.82, 2.24) is 9.97 Å². The fraction of sp³-hybridized carbons (Fsp3) is 0.364. The maximum atomic E-state index is 10.5. The van der Waals surface area contributed by atoms with E-state index in [1.54, 1.807) is 6.07 Å². The molecule has 2 atom stereocenters. The Morgan fingerprint density at radius 2 is 1.85 bits per heavy atom. The lowest BCUT2D eigenvalue weighted by Crippen LogP contribution is -2.30. The minimum atomic E-state index is 0.0623. The standard InChI is InChI=1S/C22H25N3O2/c1-14-8-3-5-11-17(14)23-21-15-9-4-6-12-18(15)24-22(25-21)16-10-7-13-19(27-2)20(16)26/h4,6-7,9-10,12-14,17,26H,3,5,8,11H2,1-2H3,(H,23,24,25)/t14-,17+/m0/s1. The van der Waals surface area contributed by atoms with Crippen LogP contribution in [0.15, 0.2) is 42.5 Å². The van der Waals surface area contributed by atoms with Crippen LogP contribution in [0.4, 0.5) is 5.82 Å². The van der Waals surface area contributed by atoms with Crippen LogP contribution in [0.25, 0.3) is 22.3 Å². The molecule has 0 saturated heterocycles. The molecule has 1 aromatic heterocycles. The van der Waals surface area contributed by atoms with Crippen molar-refractivity contribution in [2.45, 2.75) is 38.6 Å². The summed E-state index contributed by atoms with van der Waals surface area (Å²) in [5.41, 5.74) is 1.43. The number of nitrogens with zero attached hydrogens (tertiary/aromatic N) is 2. The lowest BCUT2D eigenvalue weighted by molar-refractivity contribution is 0.349. The number of hydrogen-bond donors (Lipinski definition) is 2. The monoisotopic (exact) mass is 363 g/mol. The van der Waals surface area contributed by atoms with Crippen LogP contribution < -0.4 is 10.1 Å². The Kier molecular flexibility index (Phi) is 4.84.